The summed E-state index contributed by atoms with van der Waals surface area (Å²) in [6, 6.07) is 9.32. The van der Waals surface area contributed by atoms with Crippen molar-refractivity contribution in [3.8, 4) is 0 Å². The Bertz CT molecular complexity index is 619. The third-order valence-electron chi connectivity index (χ3n) is 2.28. The standard InChI is InChI=1S/C13H9F2IN2O/c14-8-3-1-4-9(7-8)17-13(19)18-11-6-2-5-10(15)12(11)16/h1-7H,(H2,17,18,19). The van der Waals surface area contributed by atoms with E-state index in [0.29, 0.717) is 14.9 Å². The number of rotatable bonds is 2. The number of benzene rings is 2. The van der Waals surface area contributed by atoms with Crippen LogP contribution in [0.4, 0.5) is 25.0 Å². The molecule has 0 aliphatic heterocycles. The van der Waals surface area contributed by atoms with E-state index in [2.05, 4.69) is 10.6 Å². The average Bonchev–Trinajstić information content (AvgIpc) is 2.35. The molecule has 0 unspecified atom stereocenters. The number of amides is 2. The smallest absolute Gasteiger partial charge is 0.308 e. The molecular formula is C13H9F2IN2O. The number of nitrogens with one attached hydrogen (secondary N) is 2. The summed E-state index contributed by atoms with van der Waals surface area (Å²) in [6.07, 6.45) is 0. The summed E-state index contributed by atoms with van der Waals surface area (Å²) >= 11 is 1.80. The Morgan fingerprint density at radius 1 is 1.05 bits per heavy atom. The van der Waals surface area contributed by atoms with Crippen molar-refractivity contribution < 1.29 is 13.6 Å². The van der Waals surface area contributed by atoms with Gasteiger partial charge in [0.15, 0.2) is 0 Å². The summed E-state index contributed by atoms with van der Waals surface area (Å²) in [5, 5.41) is 4.96. The Balaban J connectivity index is 2.08. The van der Waals surface area contributed by atoms with E-state index in [0.717, 1.165) is 0 Å². The van der Waals surface area contributed by atoms with E-state index in [1.54, 1.807) is 34.7 Å². The molecule has 2 N–H and O–H groups in total. The van der Waals surface area contributed by atoms with Crippen LogP contribution < -0.4 is 10.6 Å². The molecule has 0 saturated carbocycles. The van der Waals surface area contributed by atoms with Gasteiger partial charge in [0.05, 0.1) is 9.26 Å². The predicted molar refractivity (Wildman–Crippen MR) is 78.2 cm³/mol. The molecule has 98 valence electrons. The van der Waals surface area contributed by atoms with Gasteiger partial charge in [-0.15, -0.1) is 0 Å². The minimum atomic E-state index is -0.561. The van der Waals surface area contributed by atoms with Gasteiger partial charge in [0.25, 0.3) is 0 Å². The molecule has 2 amide bonds. The van der Waals surface area contributed by atoms with Crippen LogP contribution in [0, 0.1) is 15.2 Å². The van der Waals surface area contributed by atoms with Gasteiger partial charge >= 0.3 is 6.03 Å². The lowest BCUT2D eigenvalue weighted by atomic mass is 10.3. The molecule has 0 atom stereocenters. The normalized spacial score (nSPS) is 10.1. The number of hydrogen-bond donors (Lipinski definition) is 2. The van der Waals surface area contributed by atoms with E-state index in [4.69, 9.17) is 0 Å². The molecule has 0 spiro atoms. The summed E-state index contributed by atoms with van der Waals surface area (Å²) in [7, 11) is 0. The zero-order chi connectivity index (χ0) is 13.8. The molecule has 2 aromatic carbocycles. The van der Waals surface area contributed by atoms with Crippen LogP contribution in [0.15, 0.2) is 42.5 Å². The first-order chi connectivity index (χ1) is 9.06. The van der Waals surface area contributed by atoms with Crippen molar-refractivity contribution in [3.05, 3.63) is 57.7 Å². The molecule has 19 heavy (non-hydrogen) atoms. The van der Waals surface area contributed by atoms with E-state index in [-0.39, 0.29) is 0 Å². The third kappa shape index (κ3) is 3.63. The number of urea groups is 1. The Kier molecular flexibility index (Phi) is 4.31. The van der Waals surface area contributed by atoms with Gasteiger partial charge in [-0.3, -0.25) is 0 Å². The summed E-state index contributed by atoms with van der Waals surface area (Å²) in [5.41, 5.74) is 0.679. The maximum absolute atomic E-state index is 13.3. The Morgan fingerprint density at radius 3 is 2.53 bits per heavy atom. The van der Waals surface area contributed by atoms with Crippen molar-refractivity contribution in [2.75, 3.05) is 10.6 Å². The predicted octanol–water partition coefficient (Wildman–Crippen LogP) is 4.21. The highest BCUT2D eigenvalue weighted by Crippen LogP contribution is 2.21. The molecule has 0 bridgehead atoms. The average molecular weight is 374 g/mol. The highest BCUT2D eigenvalue weighted by atomic mass is 127. The molecule has 0 radical (unpaired) electrons. The molecule has 2 rings (SSSR count). The fourth-order valence-electron chi connectivity index (χ4n) is 1.45. The van der Waals surface area contributed by atoms with Crippen LogP contribution in [0.1, 0.15) is 0 Å². The second-order valence-corrected chi connectivity index (χ2v) is 4.77. The van der Waals surface area contributed by atoms with E-state index in [1.165, 1.54) is 30.3 Å². The second-order valence-electron chi connectivity index (χ2n) is 3.69. The Hall–Kier alpha value is -1.70. The van der Waals surface area contributed by atoms with Gasteiger partial charge in [-0.25, -0.2) is 13.6 Å². The number of anilines is 2. The number of halogens is 3. The van der Waals surface area contributed by atoms with Crippen molar-refractivity contribution in [2.45, 2.75) is 0 Å². The number of hydrogen-bond acceptors (Lipinski definition) is 1. The lowest BCUT2D eigenvalue weighted by Crippen LogP contribution is -2.20. The van der Waals surface area contributed by atoms with Gasteiger partial charge in [-0.05, 0) is 52.9 Å². The minimum Gasteiger partial charge on any atom is -0.308 e. The maximum Gasteiger partial charge on any atom is 0.323 e. The summed E-state index contributed by atoms with van der Waals surface area (Å²) in [5.74, 6) is -0.859. The number of carbonyl (C=O) groups excluding carboxylic acids is 1. The summed E-state index contributed by atoms with van der Waals surface area (Å²) < 4.78 is 26.5. The van der Waals surface area contributed by atoms with Crippen LogP contribution in [0.25, 0.3) is 0 Å². The van der Waals surface area contributed by atoms with Crippen LogP contribution in [0.3, 0.4) is 0 Å². The second kappa shape index (κ2) is 5.96. The van der Waals surface area contributed by atoms with Crippen LogP contribution in [0.2, 0.25) is 0 Å². The molecule has 3 nitrogen and oxygen atoms in total. The topological polar surface area (TPSA) is 41.1 Å². The van der Waals surface area contributed by atoms with Gasteiger partial charge in [-0.1, -0.05) is 12.1 Å². The van der Waals surface area contributed by atoms with Gasteiger partial charge in [-0.2, -0.15) is 0 Å². The van der Waals surface area contributed by atoms with E-state index < -0.39 is 17.7 Å². The highest BCUT2D eigenvalue weighted by molar-refractivity contribution is 14.1. The van der Waals surface area contributed by atoms with Gasteiger partial charge < -0.3 is 10.6 Å². The van der Waals surface area contributed by atoms with Crippen molar-refractivity contribution in [1.29, 1.82) is 0 Å². The van der Waals surface area contributed by atoms with Crippen molar-refractivity contribution in [3.63, 3.8) is 0 Å². The zero-order valence-corrected chi connectivity index (χ0v) is 11.7. The van der Waals surface area contributed by atoms with Crippen LogP contribution in [-0.2, 0) is 0 Å². The minimum absolute atomic E-state index is 0.314. The highest BCUT2D eigenvalue weighted by Gasteiger charge is 2.08. The maximum atomic E-state index is 13.3. The number of carbonyl (C=O) groups is 1. The fraction of sp³-hybridized carbons (Fsp3) is 0. The van der Waals surface area contributed by atoms with Crippen LogP contribution in [0.5, 0.6) is 0 Å². The first kappa shape index (κ1) is 13.7. The summed E-state index contributed by atoms with van der Waals surface area (Å²) in [6.45, 7) is 0. The molecular weight excluding hydrogens is 365 g/mol. The van der Waals surface area contributed by atoms with E-state index >= 15 is 0 Å². The van der Waals surface area contributed by atoms with Crippen molar-refractivity contribution >= 4 is 40.0 Å². The lowest BCUT2D eigenvalue weighted by Gasteiger charge is -2.09. The van der Waals surface area contributed by atoms with E-state index in [9.17, 15) is 13.6 Å². The molecule has 6 heteroatoms. The largest absolute Gasteiger partial charge is 0.323 e. The van der Waals surface area contributed by atoms with Crippen molar-refractivity contribution in [2.24, 2.45) is 0 Å². The third-order valence-corrected chi connectivity index (χ3v) is 3.38. The quantitative estimate of drug-likeness (QED) is 0.760. The molecule has 2 aromatic rings. The monoisotopic (exact) mass is 374 g/mol. The fourth-order valence-corrected chi connectivity index (χ4v) is 1.95. The van der Waals surface area contributed by atoms with Crippen LogP contribution >= 0.6 is 22.6 Å². The summed E-state index contributed by atoms with van der Waals surface area (Å²) in [4.78, 5) is 11.7. The lowest BCUT2D eigenvalue weighted by molar-refractivity contribution is 0.262. The molecule has 0 fully saturated rings. The zero-order valence-electron chi connectivity index (χ0n) is 9.58. The molecule has 0 aromatic heterocycles. The van der Waals surface area contributed by atoms with E-state index in [1.807, 2.05) is 0 Å². The first-order valence-electron chi connectivity index (χ1n) is 5.34. The molecule has 0 heterocycles. The van der Waals surface area contributed by atoms with Gasteiger partial charge in [0.2, 0.25) is 0 Å². The van der Waals surface area contributed by atoms with Crippen molar-refractivity contribution in [1.82, 2.24) is 0 Å². The first-order valence-corrected chi connectivity index (χ1v) is 6.42. The molecule has 0 saturated heterocycles. The Labute approximate surface area is 122 Å². The van der Waals surface area contributed by atoms with Gasteiger partial charge in [0, 0.05) is 5.69 Å². The Morgan fingerprint density at radius 2 is 1.79 bits per heavy atom. The molecule has 0 aliphatic rings. The van der Waals surface area contributed by atoms with Crippen LogP contribution in [-0.4, -0.2) is 6.03 Å². The SMILES string of the molecule is O=C(Nc1cccc(F)c1)Nc1cccc(F)c1I. The van der Waals surface area contributed by atoms with Gasteiger partial charge in [0.1, 0.15) is 11.6 Å². The molecule has 0 aliphatic carbocycles.